The molecule has 1 saturated carbocycles. The van der Waals surface area contributed by atoms with Gasteiger partial charge in [0, 0.05) is 36.3 Å². The molecule has 0 spiro atoms. The average Bonchev–Trinajstić information content (AvgIpc) is 3.95. The zero-order valence-corrected chi connectivity index (χ0v) is 39.2. The van der Waals surface area contributed by atoms with Crippen molar-refractivity contribution in [1.82, 2.24) is 40.4 Å². The lowest BCUT2D eigenvalue weighted by atomic mass is 9.85. The summed E-state index contributed by atoms with van der Waals surface area (Å²) >= 11 is 0. The van der Waals surface area contributed by atoms with Crippen LogP contribution in [0.2, 0.25) is 0 Å². The van der Waals surface area contributed by atoms with Crippen molar-refractivity contribution < 1.29 is 28.7 Å². The number of aromatic amines is 2. The second-order valence-corrected chi connectivity index (χ2v) is 20.2. The Bertz CT molecular complexity index is 3220. The monoisotopic (exact) mass is 912 g/mol. The fourth-order valence-corrected chi connectivity index (χ4v) is 10.8. The van der Waals surface area contributed by atoms with Gasteiger partial charge in [-0.3, -0.25) is 14.4 Å². The summed E-state index contributed by atoms with van der Waals surface area (Å²) in [4.78, 5) is 75.7. The molecule has 4 amide bonds. The van der Waals surface area contributed by atoms with Gasteiger partial charge in [-0.1, -0.05) is 87.5 Å². The number of likely N-dealkylation sites (tertiary alicyclic amines) is 2. The van der Waals surface area contributed by atoms with Gasteiger partial charge in [0.25, 0.3) is 0 Å². The molecule has 2 aliphatic heterocycles. The maximum atomic E-state index is 14.6. The summed E-state index contributed by atoms with van der Waals surface area (Å²) in [7, 11) is 2.99. The normalized spacial score (nSPS) is 21.1. The summed E-state index contributed by atoms with van der Waals surface area (Å²) in [6, 6.07) is 28.4. The van der Waals surface area contributed by atoms with Gasteiger partial charge in [0.1, 0.15) is 23.7 Å². The molecule has 5 aromatic carbocycles. The van der Waals surface area contributed by atoms with Gasteiger partial charge < -0.3 is 39.9 Å². The number of nitrogens with one attached hydrogen (secondary N) is 4. The average molecular weight is 913 g/mol. The lowest BCUT2D eigenvalue weighted by Gasteiger charge is -2.36. The van der Waals surface area contributed by atoms with E-state index < -0.39 is 23.6 Å². The van der Waals surface area contributed by atoms with E-state index in [0.29, 0.717) is 31.8 Å². The van der Waals surface area contributed by atoms with E-state index in [0.717, 1.165) is 79.0 Å². The molecule has 4 aliphatic rings. The van der Waals surface area contributed by atoms with Crippen molar-refractivity contribution >= 4 is 67.4 Å². The Morgan fingerprint density at radius 3 is 1.97 bits per heavy atom. The number of ether oxygens (including phenoxy) is 2. The number of carbonyl (C=O) groups excluding carboxylic acids is 4. The molecule has 11 rings (SSSR count). The van der Waals surface area contributed by atoms with Gasteiger partial charge in [-0.25, -0.2) is 14.8 Å². The number of methoxy groups -OCH3 is 2. The SMILES string of the molecule is COC[C@H]1C[C@@H](c2nc3c(ccc4cc(-c5ccc6c(ccc7[nH]c([C@@H]8CC9=C(C)[C@H]9N8C(=O)[C@@H](NC(=O)OC)C(C)(C)C)nc76)c5)ccc43)[nH]2)N(C(=O)[C@H](NC(=O)C2CC2)c2ccccc2)C1. The molecule has 68 heavy (non-hydrogen) atoms. The number of hydrogen-bond donors (Lipinski definition) is 4. The van der Waals surface area contributed by atoms with E-state index in [1.807, 2.05) is 60.9 Å². The van der Waals surface area contributed by atoms with Gasteiger partial charge in [0.2, 0.25) is 17.7 Å². The van der Waals surface area contributed by atoms with Gasteiger partial charge >= 0.3 is 6.09 Å². The second kappa shape index (κ2) is 16.6. The highest BCUT2D eigenvalue weighted by Gasteiger charge is 2.54. The van der Waals surface area contributed by atoms with E-state index in [1.165, 1.54) is 18.3 Å². The number of amides is 4. The number of rotatable bonds is 11. The van der Waals surface area contributed by atoms with E-state index in [2.05, 4.69) is 88.2 Å². The first-order valence-corrected chi connectivity index (χ1v) is 23.7. The molecule has 348 valence electrons. The Hall–Kier alpha value is -7.06. The van der Waals surface area contributed by atoms with Crippen LogP contribution in [0.1, 0.15) is 88.7 Å². The summed E-state index contributed by atoms with van der Waals surface area (Å²) in [5.41, 5.74) is 8.23. The van der Waals surface area contributed by atoms with Crippen LogP contribution in [-0.2, 0) is 23.9 Å². The predicted molar refractivity (Wildman–Crippen MR) is 260 cm³/mol. The van der Waals surface area contributed by atoms with E-state index in [1.54, 1.807) is 7.11 Å². The number of H-pyrrole nitrogens is 2. The molecule has 3 fully saturated rings. The van der Waals surface area contributed by atoms with Crippen LogP contribution >= 0.6 is 0 Å². The van der Waals surface area contributed by atoms with Gasteiger partial charge in [-0.2, -0.15) is 0 Å². The van der Waals surface area contributed by atoms with Gasteiger partial charge in [-0.15, -0.1) is 0 Å². The molecule has 2 aromatic heterocycles. The number of aromatic nitrogens is 4. The third-order valence-corrected chi connectivity index (χ3v) is 14.6. The minimum Gasteiger partial charge on any atom is -0.453 e. The number of hydrogen-bond acceptors (Lipinski definition) is 8. The van der Waals surface area contributed by atoms with Crippen molar-refractivity contribution in [3.8, 4) is 11.1 Å². The van der Waals surface area contributed by atoms with E-state index in [9.17, 15) is 19.2 Å². The largest absolute Gasteiger partial charge is 0.453 e. The van der Waals surface area contributed by atoms with Crippen LogP contribution in [0.25, 0.3) is 54.7 Å². The smallest absolute Gasteiger partial charge is 0.407 e. The van der Waals surface area contributed by atoms with Crippen LogP contribution in [0.4, 0.5) is 4.79 Å². The van der Waals surface area contributed by atoms with Crippen molar-refractivity contribution in [3.63, 3.8) is 0 Å². The standard InChI is InChI=1S/C54H56N8O6/c1-28-38-25-42(62(46(28)38)52(65)47(54(2,3)4)60-53(66)68-6)49-56-40-21-17-35-24-33(15-19-37(35)45(40)58-49)32-14-18-36-34(23-32)16-20-39-44(36)57-48(55-39)41-22-29(27-67-5)26-61(41)51(64)43(30-10-8-7-9-11-30)59-50(63)31-12-13-31/h7-11,14-21,23-24,29,31,41-43,46-47H,12-13,22,25-27H2,1-6H3,(H,55,57)(H,56,58)(H,59,63)(H,60,66)/t29-,41-,42-,43+,46+,47+/m0/s1. The molecule has 0 bridgehead atoms. The quantitative estimate of drug-likeness (QED) is 0.0931. The van der Waals surface area contributed by atoms with E-state index in [-0.39, 0.29) is 47.7 Å². The van der Waals surface area contributed by atoms with Crippen LogP contribution in [-0.4, -0.2) is 93.0 Å². The maximum Gasteiger partial charge on any atom is 0.407 e. The molecule has 0 radical (unpaired) electrons. The summed E-state index contributed by atoms with van der Waals surface area (Å²) in [6.45, 7) is 8.89. The fraction of sp³-hybridized carbons (Fsp3) is 0.370. The molecular formula is C54H56N8O6. The van der Waals surface area contributed by atoms with Crippen molar-refractivity contribution in [1.29, 1.82) is 0 Å². The lowest BCUT2D eigenvalue weighted by molar-refractivity contribution is -0.138. The molecule has 4 N–H and O–H groups in total. The zero-order valence-electron chi connectivity index (χ0n) is 39.2. The Labute approximate surface area is 393 Å². The Kier molecular flexibility index (Phi) is 10.6. The Morgan fingerprint density at radius 2 is 1.40 bits per heavy atom. The summed E-state index contributed by atoms with van der Waals surface area (Å²) in [5.74, 6) is 1.13. The third kappa shape index (κ3) is 7.64. The minimum absolute atomic E-state index is 0.0347. The third-order valence-electron chi connectivity index (χ3n) is 14.6. The van der Waals surface area contributed by atoms with Gasteiger partial charge in [0.15, 0.2) is 0 Å². The summed E-state index contributed by atoms with van der Waals surface area (Å²) < 4.78 is 10.5. The van der Waals surface area contributed by atoms with Crippen LogP contribution in [0.3, 0.4) is 0 Å². The van der Waals surface area contributed by atoms with Crippen molar-refractivity contribution in [2.45, 2.75) is 83.6 Å². The molecule has 2 saturated heterocycles. The molecule has 6 atom stereocenters. The zero-order chi connectivity index (χ0) is 47.2. The van der Waals surface area contributed by atoms with Crippen LogP contribution in [0.5, 0.6) is 0 Å². The highest BCUT2D eigenvalue weighted by molar-refractivity contribution is 6.08. The van der Waals surface area contributed by atoms with E-state index in [4.69, 9.17) is 19.4 Å². The first-order chi connectivity index (χ1) is 32.8. The number of imidazole rings is 2. The number of alkyl carbamates (subject to hydrolysis) is 1. The molecule has 14 heteroatoms. The minimum atomic E-state index is -0.798. The first-order valence-electron chi connectivity index (χ1n) is 23.7. The first kappa shape index (κ1) is 43.5. The predicted octanol–water partition coefficient (Wildman–Crippen LogP) is 8.96. The number of nitrogens with zero attached hydrogens (tertiary/aromatic N) is 4. The summed E-state index contributed by atoms with van der Waals surface area (Å²) in [5, 5.41) is 9.98. The molecule has 0 unspecified atom stereocenters. The number of fused-ring (bicyclic) bond motifs is 7. The highest BCUT2D eigenvalue weighted by Crippen LogP contribution is 2.53. The number of carbonyl (C=O) groups is 4. The van der Waals surface area contributed by atoms with E-state index >= 15 is 0 Å². The van der Waals surface area contributed by atoms with Gasteiger partial charge in [0.05, 0.1) is 53.9 Å². The molecule has 4 heterocycles. The fourth-order valence-electron chi connectivity index (χ4n) is 10.8. The molecule has 2 aliphatic carbocycles. The molecule has 14 nitrogen and oxygen atoms in total. The Morgan fingerprint density at radius 1 is 0.779 bits per heavy atom. The maximum absolute atomic E-state index is 14.6. The lowest BCUT2D eigenvalue weighted by Crippen LogP contribution is -2.55. The number of benzene rings is 5. The second-order valence-electron chi connectivity index (χ2n) is 20.2. The molecular weight excluding hydrogens is 857 g/mol. The highest BCUT2D eigenvalue weighted by atomic mass is 16.5. The van der Waals surface area contributed by atoms with Gasteiger partial charge in [-0.05, 0) is 101 Å². The summed E-state index contributed by atoms with van der Waals surface area (Å²) in [6.07, 6.45) is 2.43. The molecule has 7 aromatic rings. The Balaban J connectivity index is 0.873. The van der Waals surface area contributed by atoms with Crippen LogP contribution in [0, 0.1) is 17.3 Å². The van der Waals surface area contributed by atoms with Crippen LogP contribution < -0.4 is 10.6 Å². The topological polar surface area (TPSA) is 175 Å². The van der Waals surface area contributed by atoms with Crippen molar-refractivity contribution in [3.05, 3.63) is 119 Å². The van der Waals surface area contributed by atoms with Crippen molar-refractivity contribution in [2.24, 2.45) is 17.3 Å². The van der Waals surface area contributed by atoms with Crippen LogP contribution in [0.15, 0.2) is 102 Å². The van der Waals surface area contributed by atoms with Crippen molar-refractivity contribution in [2.75, 3.05) is 27.4 Å².